The molecule has 4 N–H and O–H groups in total. The van der Waals surface area contributed by atoms with Gasteiger partial charge in [-0.2, -0.15) is 0 Å². The van der Waals surface area contributed by atoms with Gasteiger partial charge in [0.2, 0.25) is 17.7 Å². The number of nitrogens with one attached hydrogen (secondary N) is 3. The van der Waals surface area contributed by atoms with Crippen LogP contribution in [0, 0.1) is 17.6 Å². The molecule has 8 nitrogen and oxygen atoms in total. The number of hydrogen-bond donors (Lipinski definition) is 4. The highest BCUT2D eigenvalue weighted by Crippen LogP contribution is 2.46. The molecule has 0 spiro atoms. The fraction of sp³-hybridized carbons (Fsp3) is 0.303. The first-order chi connectivity index (χ1) is 20.7. The van der Waals surface area contributed by atoms with Crippen LogP contribution in [0.1, 0.15) is 53.3 Å². The minimum atomic E-state index is -1.18. The highest BCUT2D eigenvalue weighted by Gasteiger charge is 2.42. The van der Waals surface area contributed by atoms with Crippen molar-refractivity contribution in [3.8, 4) is 0 Å². The average molecular weight is 587 g/mol. The molecule has 0 saturated carbocycles. The van der Waals surface area contributed by atoms with Crippen LogP contribution in [0.4, 0.5) is 8.78 Å². The standard InChI is InChI=1S/C33H32F2N4O4/c1-18(31(41)37-16-19-11-22(34)14-23(35)12-19)32(42)38-27(13-21-17-36-26-8-3-2-6-24(21)26)33(43)39-10-9-20-5-4-7-25-29(40)15-28(39)30(20)25/h2-8,11-12,14,17-18,27-29,36,40H,9-10,13,15-16H2,1H3,(H,37,41)(H,38,42). The molecule has 4 aromatic rings. The summed E-state index contributed by atoms with van der Waals surface area (Å²) in [5.74, 6) is -4.30. The van der Waals surface area contributed by atoms with Crippen molar-refractivity contribution in [2.24, 2.45) is 5.92 Å². The van der Waals surface area contributed by atoms with Gasteiger partial charge in [0.1, 0.15) is 23.6 Å². The maximum atomic E-state index is 14.2. The van der Waals surface area contributed by atoms with Gasteiger partial charge in [0.25, 0.3) is 0 Å². The van der Waals surface area contributed by atoms with Crippen LogP contribution in [0.5, 0.6) is 0 Å². The number of para-hydroxylation sites is 1. The lowest BCUT2D eigenvalue weighted by atomic mass is 9.92. The summed E-state index contributed by atoms with van der Waals surface area (Å²) in [5, 5.41) is 17.0. The number of aromatic amines is 1. The molecule has 222 valence electrons. The number of hydrogen-bond acceptors (Lipinski definition) is 4. The molecule has 6 rings (SSSR count). The summed E-state index contributed by atoms with van der Waals surface area (Å²) >= 11 is 0. The van der Waals surface area contributed by atoms with Crippen LogP contribution in [0.3, 0.4) is 0 Å². The molecule has 2 heterocycles. The van der Waals surface area contributed by atoms with Crippen molar-refractivity contribution >= 4 is 28.6 Å². The van der Waals surface area contributed by atoms with Crippen LogP contribution in [-0.4, -0.2) is 45.3 Å². The van der Waals surface area contributed by atoms with Crippen molar-refractivity contribution in [2.45, 2.75) is 50.9 Å². The lowest BCUT2D eigenvalue weighted by Gasteiger charge is -2.37. The molecule has 3 amide bonds. The van der Waals surface area contributed by atoms with Gasteiger partial charge in [-0.3, -0.25) is 14.4 Å². The number of fused-ring (bicyclic) bond motifs is 1. The van der Waals surface area contributed by atoms with Crippen LogP contribution in [-0.2, 0) is 33.8 Å². The van der Waals surface area contributed by atoms with Crippen molar-refractivity contribution in [3.63, 3.8) is 0 Å². The van der Waals surface area contributed by atoms with Crippen LogP contribution in [0.2, 0.25) is 0 Å². The Kier molecular flexibility index (Phi) is 7.70. The molecule has 0 saturated heterocycles. The second kappa shape index (κ2) is 11.6. The fourth-order valence-electron chi connectivity index (χ4n) is 6.34. The molecule has 0 fully saturated rings. The van der Waals surface area contributed by atoms with E-state index in [-0.39, 0.29) is 30.5 Å². The summed E-state index contributed by atoms with van der Waals surface area (Å²) in [6.07, 6.45) is 2.34. The Bertz CT molecular complexity index is 1700. The van der Waals surface area contributed by atoms with Crippen molar-refractivity contribution < 1.29 is 28.3 Å². The van der Waals surface area contributed by atoms with Gasteiger partial charge in [-0.1, -0.05) is 36.4 Å². The second-order valence-corrected chi connectivity index (χ2v) is 11.3. The number of aromatic nitrogens is 1. The number of benzene rings is 3. The maximum absolute atomic E-state index is 14.2. The normalized spacial score (nSPS) is 18.7. The van der Waals surface area contributed by atoms with Crippen LogP contribution >= 0.6 is 0 Å². The summed E-state index contributed by atoms with van der Waals surface area (Å²) in [6.45, 7) is 1.69. The monoisotopic (exact) mass is 586 g/mol. The van der Waals surface area contributed by atoms with E-state index in [2.05, 4.69) is 15.6 Å². The quantitative estimate of drug-likeness (QED) is 0.234. The predicted octanol–water partition coefficient (Wildman–Crippen LogP) is 3.99. The molecular formula is C33H32F2N4O4. The summed E-state index contributed by atoms with van der Waals surface area (Å²) < 4.78 is 27.1. The lowest BCUT2D eigenvalue weighted by molar-refractivity contribution is -0.142. The number of carbonyl (C=O) groups excluding carboxylic acids is 3. The number of aliphatic hydroxyl groups is 1. The zero-order valence-electron chi connectivity index (χ0n) is 23.6. The molecule has 4 unspecified atom stereocenters. The summed E-state index contributed by atoms with van der Waals surface area (Å²) in [7, 11) is 0. The third-order valence-corrected chi connectivity index (χ3v) is 8.54. The minimum Gasteiger partial charge on any atom is -0.388 e. The summed E-state index contributed by atoms with van der Waals surface area (Å²) in [6, 6.07) is 15.2. The van der Waals surface area contributed by atoms with Gasteiger partial charge in [-0.25, -0.2) is 8.78 Å². The van der Waals surface area contributed by atoms with Crippen LogP contribution in [0.25, 0.3) is 10.9 Å². The number of carbonyl (C=O) groups is 3. The molecule has 1 aromatic heterocycles. The Morgan fingerprint density at radius 3 is 2.60 bits per heavy atom. The minimum absolute atomic E-state index is 0.164. The number of halogens is 2. The molecule has 3 aromatic carbocycles. The Hall–Kier alpha value is -4.57. The van der Waals surface area contributed by atoms with E-state index in [0.717, 1.165) is 51.4 Å². The first-order valence-corrected chi connectivity index (χ1v) is 14.4. The SMILES string of the molecule is CC(C(=O)NCc1cc(F)cc(F)c1)C(=O)NC(Cc1c[nH]c2ccccc12)C(=O)N1CCc2cccc3c2C1CC3O. The Morgan fingerprint density at radius 1 is 1.05 bits per heavy atom. The summed E-state index contributed by atoms with van der Waals surface area (Å²) in [5.41, 5.74) is 4.88. The molecule has 2 aliphatic rings. The van der Waals surface area contributed by atoms with Gasteiger partial charge >= 0.3 is 0 Å². The van der Waals surface area contributed by atoms with E-state index in [0.29, 0.717) is 19.4 Å². The van der Waals surface area contributed by atoms with Gasteiger partial charge in [0.05, 0.1) is 12.1 Å². The number of H-pyrrole nitrogens is 1. The van der Waals surface area contributed by atoms with Gasteiger partial charge in [0, 0.05) is 49.1 Å². The van der Waals surface area contributed by atoms with E-state index in [9.17, 15) is 28.3 Å². The highest BCUT2D eigenvalue weighted by molar-refractivity contribution is 6.01. The van der Waals surface area contributed by atoms with Crippen molar-refractivity contribution in [3.05, 3.63) is 106 Å². The van der Waals surface area contributed by atoms with E-state index in [1.54, 1.807) is 4.90 Å². The first kappa shape index (κ1) is 28.5. The molecule has 0 bridgehead atoms. The largest absolute Gasteiger partial charge is 0.388 e. The molecule has 43 heavy (non-hydrogen) atoms. The third kappa shape index (κ3) is 5.62. The topological polar surface area (TPSA) is 115 Å². The number of amides is 3. The Balaban J connectivity index is 1.22. The molecule has 1 aliphatic heterocycles. The van der Waals surface area contributed by atoms with E-state index >= 15 is 0 Å². The number of aliphatic hydroxyl groups excluding tert-OH is 1. The molecule has 1 aliphatic carbocycles. The highest BCUT2D eigenvalue weighted by atomic mass is 19.1. The molecule has 10 heteroatoms. The molecular weight excluding hydrogens is 554 g/mol. The van der Waals surface area contributed by atoms with Gasteiger partial charge in [-0.15, -0.1) is 0 Å². The van der Waals surface area contributed by atoms with E-state index in [4.69, 9.17) is 0 Å². The van der Waals surface area contributed by atoms with Crippen molar-refractivity contribution in [2.75, 3.05) is 6.54 Å². The van der Waals surface area contributed by atoms with Gasteiger partial charge < -0.3 is 25.6 Å². The average Bonchev–Trinajstić information content (AvgIpc) is 3.56. The predicted molar refractivity (Wildman–Crippen MR) is 155 cm³/mol. The van der Waals surface area contributed by atoms with Crippen LogP contribution < -0.4 is 10.6 Å². The number of nitrogens with zero attached hydrogens (tertiary/aromatic N) is 1. The lowest BCUT2D eigenvalue weighted by Crippen LogP contribution is -2.54. The first-order valence-electron chi connectivity index (χ1n) is 14.4. The number of rotatable bonds is 8. The van der Waals surface area contributed by atoms with E-state index in [1.165, 1.54) is 6.92 Å². The van der Waals surface area contributed by atoms with E-state index in [1.807, 2.05) is 48.7 Å². The zero-order chi connectivity index (χ0) is 30.2. The smallest absolute Gasteiger partial charge is 0.246 e. The Morgan fingerprint density at radius 2 is 1.81 bits per heavy atom. The van der Waals surface area contributed by atoms with Gasteiger partial charge in [-0.05, 0) is 59.4 Å². The summed E-state index contributed by atoms with van der Waals surface area (Å²) in [4.78, 5) is 45.4. The zero-order valence-corrected chi connectivity index (χ0v) is 23.6. The molecule has 4 atom stereocenters. The Labute approximate surface area is 247 Å². The maximum Gasteiger partial charge on any atom is 0.246 e. The van der Waals surface area contributed by atoms with E-state index < -0.39 is 41.5 Å². The van der Waals surface area contributed by atoms with Crippen molar-refractivity contribution in [1.82, 2.24) is 20.5 Å². The van der Waals surface area contributed by atoms with Gasteiger partial charge in [0.15, 0.2) is 0 Å². The third-order valence-electron chi connectivity index (χ3n) is 8.54. The molecule has 0 radical (unpaired) electrons. The van der Waals surface area contributed by atoms with Crippen molar-refractivity contribution in [1.29, 1.82) is 0 Å². The second-order valence-electron chi connectivity index (χ2n) is 11.3. The fourth-order valence-corrected chi connectivity index (χ4v) is 6.34. The van der Waals surface area contributed by atoms with Crippen LogP contribution in [0.15, 0.2) is 66.9 Å².